The summed E-state index contributed by atoms with van der Waals surface area (Å²) in [5, 5.41) is 0. The Bertz CT molecular complexity index is 311. The van der Waals surface area contributed by atoms with Crippen molar-refractivity contribution in [3.63, 3.8) is 0 Å². The molecule has 0 aromatic rings. The lowest BCUT2D eigenvalue weighted by Crippen LogP contribution is -2.40. The van der Waals surface area contributed by atoms with Crippen molar-refractivity contribution in [1.82, 2.24) is 0 Å². The highest BCUT2D eigenvalue weighted by atomic mass is 16.5. The SMILES string of the molecule is C[C@]1(C2C(=O)CCC2CC2CCCC2)CCCO1. The number of hydrogen-bond acceptors (Lipinski definition) is 2. The van der Waals surface area contributed by atoms with Gasteiger partial charge in [0.25, 0.3) is 0 Å². The summed E-state index contributed by atoms with van der Waals surface area (Å²) in [6, 6.07) is 0. The van der Waals surface area contributed by atoms with Gasteiger partial charge in [-0.15, -0.1) is 0 Å². The Morgan fingerprint density at radius 3 is 2.67 bits per heavy atom. The molecule has 3 fully saturated rings. The Morgan fingerprint density at radius 2 is 2.00 bits per heavy atom. The fourth-order valence-corrected chi connectivity index (χ4v) is 4.73. The van der Waals surface area contributed by atoms with Crippen molar-refractivity contribution in [3.05, 3.63) is 0 Å². The van der Waals surface area contributed by atoms with Crippen molar-refractivity contribution in [2.75, 3.05) is 6.61 Å². The van der Waals surface area contributed by atoms with Crippen LogP contribution in [0.2, 0.25) is 0 Å². The molecule has 1 heterocycles. The fourth-order valence-electron chi connectivity index (χ4n) is 4.73. The number of ketones is 1. The lowest BCUT2D eigenvalue weighted by atomic mass is 9.75. The summed E-state index contributed by atoms with van der Waals surface area (Å²) in [5.74, 6) is 2.21. The van der Waals surface area contributed by atoms with E-state index in [-0.39, 0.29) is 11.5 Å². The summed E-state index contributed by atoms with van der Waals surface area (Å²) >= 11 is 0. The molecule has 0 radical (unpaired) electrons. The second kappa shape index (κ2) is 4.96. The third-order valence-corrected chi connectivity index (χ3v) is 5.60. The topological polar surface area (TPSA) is 26.3 Å². The summed E-state index contributed by atoms with van der Waals surface area (Å²) in [4.78, 5) is 12.3. The number of ether oxygens (including phenoxy) is 1. The van der Waals surface area contributed by atoms with Crippen molar-refractivity contribution in [1.29, 1.82) is 0 Å². The normalized spacial score (nSPS) is 41.9. The van der Waals surface area contributed by atoms with Gasteiger partial charge in [-0.05, 0) is 44.4 Å². The summed E-state index contributed by atoms with van der Waals surface area (Å²) in [7, 11) is 0. The van der Waals surface area contributed by atoms with Crippen LogP contribution < -0.4 is 0 Å². The van der Waals surface area contributed by atoms with Gasteiger partial charge in [-0.25, -0.2) is 0 Å². The second-order valence-electron chi connectivity index (χ2n) is 6.89. The zero-order valence-corrected chi connectivity index (χ0v) is 11.6. The molecule has 3 atom stereocenters. The van der Waals surface area contributed by atoms with Crippen LogP contribution in [0, 0.1) is 17.8 Å². The van der Waals surface area contributed by atoms with Gasteiger partial charge < -0.3 is 4.74 Å². The van der Waals surface area contributed by atoms with Gasteiger partial charge >= 0.3 is 0 Å². The van der Waals surface area contributed by atoms with Gasteiger partial charge in [0.2, 0.25) is 0 Å². The van der Waals surface area contributed by atoms with Crippen LogP contribution in [-0.4, -0.2) is 18.0 Å². The van der Waals surface area contributed by atoms with Crippen molar-refractivity contribution >= 4 is 5.78 Å². The second-order valence-corrected chi connectivity index (χ2v) is 6.89. The first kappa shape index (κ1) is 12.7. The number of Topliss-reactive ketones (excluding diaryl/α,β-unsaturated/α-hetero) is 1. The highest BCUT2D eigenvalue weighted by molar-refractivity contribution is 5.84. The van der Waals surface area contributed by atoms with E-state index in [1.165, 1.54) is 32.1 Å². The van der Waals surface area contributed by atoms with Crippen LogP contribution in [0.1, 0.15) is 64.7 Å². The molecule has 1 aliphatic heterocycles. The Kier molecular flexibility index (Phi) is 3.48. The minimum Gasteiger partial charge on any atom is -0.375 e. The summed E-state index contributed by atoms with van der Waals surface area (Å²) < 4.78 is 5.97. The maximum Gasteiger partial charge on any atom is 0.139 e. The smallest absolute Gasteiger partial charge is 0.139 e. The van der Waals surface area contributed by atoms with Crippen LogP contribution >= 0.6 is 0 Å². The van der Waals surface area contributed by atoms with Gasteiger partial charge in [0.05, 0.1) is 5.60 Å². The average Bonchev–Trinajstić information content (AvgIpc) is 3.03. The molecule has 2 heteroatoms. The van der Waals surface area contributed by atoms with E-state index in [0.717, 1.165) is 38.2 Å². The Hall–Kier alpha value is -0.370. The number of carbonyl (C=O) groups is 1. The van der Waals surface area contributed by atoms with E-state index < -0.39 is 0 Å². The van der Waals surface area contributed by atoms with Gasteiger partial charge in [0.1, 0.15) is 5.78 Å². The van der Waals surface area contributed by atoms with Crippen LogP contribution in [-0.2, 0) is 9.53 Å². The fraction of sp³-hybridized carbons (Fsp3) is 0.938. The third-order valence-electron chi connectivity index (χ3n) is 5.60. The third kappa shape index (κ3) is 2.24. The molecule has 3 rings (SSSR count). The summed E-state index contributed by atoms with van der Waals surface area (Å²) in [6.07, 6.45) is 11.0. The first-order valence-electron chi connectivity index (χ1n) is 7.86. The number of hydrogen-bond donors (Lipinski definition) is 0. The quantitative estimate of drug-likeness (QED) is 0.763. The molecule has 0 aromatic carbocycles. The van der Waals surface area contributed by atoms with E-state index in [1.54, 1.807) is 0 Å². The molecule has 3 aliphatic rings. The lowest BCUT2D eigenvalue weighted by Gasteiger charge is -2.34. The maximum absolute atomic E-state index is 12.3. The molecule has 2 saturated carbocycles. The average molecular weight is 250 g/mol. The zero-order chi connectivity index (χ0) is 12.6. The molecule has 2 aliphatic carbocycles. The number of carbonyl (C=O) groups excluding carboxylic acids is 1. The standard InChI is InChI=1S/C16H26O2/c1-16(9-4-10-18-16)15-13(7-8-14(15)17)11-12-5-2-3-6-12/h12-13,15H,2-11H2,1H3/t13?,15?,16-/m1/s1. The highest BCUT2D eigenvalue weighted by Crippen LogP contribution is 2.47. The predicted molar refractivity (Wildman–Crippen MR) is 71.4 cm³/mol. The molecule has 0 aromatic heterocycles. The van der Waals surface area contributed by atoms with Crippen molar-refractivity contribution in [2.24, 2.45) is 17.8 Å². The molecular weight excluding hydrogens is 224 g/mol. The summed E-state index contributed by atoms with van der Waals surface area (Å²) in [5.41, 5.74) is -0.128. The van der Waals surface area contributed by atoms with Gasteiger partial charge in [-0.2, -0.15) is 0 Å². The Morgan fingerprint density at radius 1 is 1.22 bits per heavy atom. The van der Waals surface area contributed by atoms with Crippen LogP contribution in [0.4, 0.5) is 0 Å². The van der Waals surface area contributed by atoms with E-state index in [1.807, 2.05) is 0 Å². The first-order valence-corrected chi connectivity index (χ1v) is 7.86. The maximum atomic E-state index is 12.3. The van der Waals surface area contributed by atoms with Crippen molar-refractivity contribution in [2.45, 2.75) is 70.3 Å². The van der Waals surface area contributed by atoms with E-state index in [0.29, 0.717) is 11.7 Å². The number of rotatable bonds is 3. The monoisotopic (exact) mass is 250 g/mol. The van der Waals surface area contributed by atoms with E-state index in [2.05, 4.69) is 6.92 Å². The molecular formula is C16H26O2. The minimum atomic E-state index is -0.128. The lowest BCUT2D eigenvalue weighted by molar-refractivity contribution is -0.131. The van der Waals surface area contributed by atoms with Crippen LogP contribution in [0.25, 0.3) is 0 Å². The molecule has 0 bridgehead atoms. The molecule has 1 saturated heterocycles. The molecule has 2 nitrogen and oxygen atoms in total. The highest BCUT2D eigenvalue weighted by Gasteiger charge is 2.49. The van der Waals surface area contributed by atoms with Gasteiger partial charge in [-0.3, -0.25) is 4.79 Å². The Balaban J connectivity index is 1.70. The molecule has 18 heavy (non-hydrogen) atoms. The van der Waals surface area contributed by atoms with E-state index in [9.17, 15) is 4.79 Å². The Labute approximate surface area is 110 Å². The summed E-state index contributed by atoms with van der Waals surface area (Å²) in [6.45, 7) is 3.05. The van der Waals surface area contributed by atoms with Crippen molar-refractivity contribution < 1.29 is 9.53 Å². The predicted octanol–water partition coefficient (Wildman–Crippen LogP) is 3.73. The minimum absolute atomic E-state index is 0.128. The molecule has 0 N–H and O–H groups in total. The van der Waals surface area contributed by atoms with E-state index in [4.69, 9.17) is 4.74 Å². The largest absolute Gasteiger partial charge is 0.375 e. The zero-order valence-electron chi connectivity index (χ0n) is 11.6. The molecule has 0 spiro atoms. The molecule has 2 unspecified atom stereocenters. The van der Waals surface area contributed by atoms with Crippen LogP contribution in [0.15, 0.2) is 0 Å². The van der Waals surface area contributed by atoms with E-state index >= 15 is 0 Å². The van der Waals surface area contributed by atoms with Crippen LogP contribution in [0.3, 0.4) is 0 Å². The molecule has 102 valence electrons. The molecule has 0 amide bonds. The first-order chi connectivity index (χ1) is 8.69. The van der Waals surface area contributed by atoms with Gasteiger partial charge in [0, 0.05) is 18.9 Å². The van der Waals surface area contributed by atoms with Crippen molar-refractivity contribution in [3.8, 4) is 0 Å². The van der Waals surface area contributed by atoms with Gasteiger partial charge in [0.15, 0.2) is 0 Å². The van der Waals surface area contributed by atoms with Gasteiger partial charge in [-0.1, -0.05) is 25.7 Å². The van der Waals surface area contributed by atoms with Crippen LogP contribution in [0.5, 0.6) is 0 Å².